The van der Waals surface area contributed by atoms with Crippen molar-refractivity contribution in [3.8, 4) is 17.1 Å². The van der Waals surface area contributed by atoms with Crippen molar-refractivity contribution in [1.29, 1.82) is 0 Å². The van der Waals surface area contributed by atoms with Gasteiger partial charge in [-0.05, 0) is 30.7 Å². The second-order valence-corrected chi connectivity index (χ2v) is 7.50. The van der Waals surface area contributed by atoms with Crippen LogP contribution in [0.5, 0.6) is 0 Å². The SMILES string of the molecule is Cc1cccc(-c2nnc(SCc3cccc([N+](=O)[O-])c3)n2-c2ccccc2)c1. The van der Waals surface area contributed by atoms with Crippen LogP contribution in [0.15, 0.2) is 84.0 Å². The summed E-state index contributed by atoms with van der Waals surface area (Å²) in [6, 6.07) is 24.8. The number of hydrogen-bond donors (Lipinski definition) is 0. The van der Waals surface area contributed by atoms with Crippen molar-refractivity contribution in [2.24, 2.45) is 0 Å². The van der Waals surface area contributed by atoms with E-state index in [1.165, 1.54) is 17.8 Å². The highest BCUT2D eigenvalue weighted by atomic mass is 32.2. The molecule has 0 radical (unpaired) electrons. The van der Waals surface area contributed by atoms with Crippen molar-refractivity contribution < 1.29 is 4.92 Å². The third-order valence-corrected chi connectivity index (χ3v) is 5.41. The molecule has 0 amide bonds. The molecule has 4 aromatic rings. The van der Waals surface area contributed by atoms with Gasteiger partial charge in [0.2, 0.25) is 0 Å². The number of aryl methyl sites for hydroxylation is 1. The quantitative estimate of drug-likeness (QED) is 0.244. The summed E-state index contributed by atoms with van der Waals surface area (Å²) >= 11 is 1.50. The molecule has 0 aliphatic heterocycles. The molecule has 1 heterocycles. The Morgan fingerprint density at radius 3 is 2.52 bits per heavy atom. The maximum absolute atomic E-state index is 11.0. The van der Waals surface area contributed by atoms with Crippen LogP contribution in [-0.4, -0.2) is 19.7 Å². The number of nitrogens with zero attached hydrogens (tertiary/aromatic N) is 4. The Labute approximate surface area is 172 Å². The van der Waals surface area contributed by atoms with E-state index in [0.717, 1.165) is 33.4 Å². The summed E-state index contributed by atoms with van der Waals surface area (Å²) in [5.41, 5.74) is 4.06. The Balaban J connectivity index is 1.70. The summed E-state index contributed by atoms with van der Waals surface area (Å²) in [4.78, 5) is 10.6. The van der Waals surface area contributed by atoms with Crippen LogP contribution in [0.1, 0.15) is 11.1 Å². The minimum Gasteiger partial charge on any atom is -0.270 e. The van der Waals surface area contributed by atoms with Crippen LogP contribution in [0, 0.1) is 17.0 Å². The Bertz CT molecular complexity index is 1160. The van der Waals surface area contributed by atoms with E-state index in [0.29, 0.717) is 5.75 Å². The lowest BCUT2D eigenvalue weighted by atomic mass is 10.1. The number of nitro benzene ring substituents is 1. The van der Waals surface area contributed by atoms with Gasteiger partial charge >= 0.3 is 0 Å². The molecule has 0 saturated heterocycles. The van der Waals surface area contributed by atoms with Crippen molar-refractivity contribution in [1.82, 2.24) is 14.8 Å². The topological polar surface area (TPSA) is 73.8 Å². The zero-order valence-corrected chi connectivity index (χ0v) is 16.5. The molecule has 0 spiro atoms. The molecular weight excluding hydrogens is 384 g/mol. The number of nitro groups is 1. The second-order valence-electron chi connectivity index (χ2n) is 6.56. The van der Waals surface area contributed by atoms with Crippen LogP contribution in [0.4, 0.5) is 5.69 Å². The molecule has 0 fully saturated rings. The molecular formula is C22H18N4O2S. The predicted octanol–water partition coefficient (Wildman–Crippen LogP) is 5.44. The fourth-order valence-electron chi connectivity index (χ4n) is 3.05. The van der Waals surface area contributed by atoms with Gasteiger partial charge in [0.1, 0.15) is 0 Å². The first-order chi connectivity index (χ1) is 14.1. The third kappa shape index (κ3) is 4.20. The molecule has 0 unspecified atom stereocenters. The Morgan fingerprint density at radius 1 is 0.966 bits per heavy atom. The molecule has 0 atom stereocenters. The minimum atomic E-state index is -0.378. The first kappa shape index (κ1) is 18.9. The van der Waals surface area contributed by atoms with E-state index in [9.17, 15) is 10.1 Å². The lowest BCUT2D eigenvalue weighted by Crippen LogP contribution is -2.00. The van der Waals surface area contributed by atoms with Gasteiger partial charge in [-0.15, -0.1) is 10.2 Å². The fourth-order valence-corrected chi connectivity index (χ4v) is 3.95. The van der Waals surface area contributed by atoms with E-state index in [-0.39, 0.29) is 10.6 Å². The van der Waals surface area contributed by atoms with Crippen LogP contribution in [0.25, 0.3) is 17.1 Å². The van der Waals surface area contributed by atoms with Crippen molar-refractivity contribution in [2.45, 2.75) is 17.8 Å². The first-order valence-electron chi connectivity index (χ1n) is 9.06. The maximum atomic E-state index is 11.0. The molecule has 0 aliphatic rings. The molecule has 3 aromatic carbocycles. The summed E-state index contributed by atoms with van der Waals surface area (Å²) in [7, 11) is 0. The number of rotatable bonds is 6. The van der Waals surface area contributed by atoms with Gasteiger partial charge in [-0.1, -0.05) is 65.9 Å². The van der Waals surface area contributed by atoms with Crippen LogP contribution >= 0.6 is 11.8 Å². The van der Waals surface area contributed by atoms with Gasteiger partial charge in [-0.3, -0.25) is 14.7 Å². The number of benzene rings is 3. The summed E-state index contributed by atoms with van der Waals surface area (Å²) in [5, 5.41) is 20.6. The van der Waals surface area contributed by atoms with Crippen LogP contribution in [-0.2, 0) is 5.75 Å². The average molecular weight is 402 g/mol. The minimum absolute atomic E-state index is 0.0908. The van der Waals surface area contributed by atoms with E-state index in [4.69, 9.17) is 0 Å². The van der Waals surface area contributed by atoms with E-state index in [1.54, 1.807) is 12.1 Å². The van der Waals surface area contributed by atoms with Gasteiger partial charge in [0.15, 0.2) is 11.0 Å². The van der Waals surface area contributed by atoms with Crippen molar-refractivity contribution >= 4 is 17.4 Å². The number of non-ortho nitro benzene ring substituents is 1. The molecule has 144 valence electrons. The lowest BCUT2D eigenvalue weighted by Gasteiger charge is -2.10. The largest absolute Gasteiger partial charge is 0.270 e. The smallest absolute Gasteiger partial charge is 0.269 e. The first-order valence-corrected chi connectivity index (χ1v) is 10.0. The monoisotopic (exact) mass is 402 g/mol. The number of para-hydroxylation sites is 1. The second kappa shape index (κ2) is 8.28. The van der Waals surface area contributed by atoms with Crippen molar-refractivity contribution in [3.05, 3.63) is 100 Å². The summed E-state index contributed by atoms with van der Waals surface area (Å²) < 4.78 is 2.02. The summed E-state index contributed by atoms with van der Waals surface area (Å²) in [6.45, 7) is 2.05. The zero-order chi connectivity index (χ0) is 20.2. The Morgan fingerprint density at radius 2 is 1.76 bits per heavy atom. The number of thioether (sulfide) groups is 1. The summed E-state index contributed by atoms with van der Waals surface area (Å²) in [6.07, 6.45) is 0. The highest BCUT2D eigenvalue weighted by Crippen LogP contribution is 2.30. The predicted molar refractivity (Wildman–Crippen MR) is 114 cm³/mol. The number of aromatic nitrogens is 3. The molecule has 6 nitrogen and oxygen atoms in total. The van der Waals surface area contributed by atoms with Crippen LogP contribution < -0.4 is 0 Å². The van der Waals surface area contributed by atoms with Crippen molar-refractivity contribution in [2.75, 3.05) is 0 Å². The molecule has 1 aromatic heterocycles. The average Bonchev–Trinajstić information content (AvgIpc) is 3.17. The van der Waals surface area contributed by atoms with Crippen LogP contribution in [0.3, 0.4) is 0 Å². The molecule has 0 bridgehead atoms. The van der Waals surface area contributed by atoms with E-state index < -0.39 is 0 Å². The normalized spacial score (nSPS) is 10.8. The van der Waals surface area contributed by atoms with Gasteiger partial charge < -0.3 is 0 Å². The van der Waals surface area contributed by atoms with Gasteiger partial charge in [0, 0.05) is 29.1 Å². The van der Waals surface area contributed by atoms with E-state index >= 15 is 0 Å². The number of hydrogen-bond acceptors (Lipinski definition) is 5. The fraction of sp³-hybridized carbons (Fsp3) is 0.0909. The molecule has 0 aliphatic carbocycles. The van der Waals surface area contributed by atoms with Crippen LogP contribution in [0.2, 0.25) is 0 Å². The molecule has 29 heavy (non-hydrogen) atoms. The molecule has 0 N–H and O–H groups in total. The summed E-state index contributed by atoms with van der Waals surface area (Å²) in [5.74, 6) is 1.32. The highest BCUT2D eigenvalue weighted by molar-refractivity contribution is 7.98. The molecule has 4 rings (SSSR count). The highest BCUT2D eigenvalue weighted by Gasteiger charge is 2.16. The maximum Gasteiger partial charge on any atom is 0.269 e. The van der Waals surface area contributed by atoms with Gasteiger partial charge in [0.25, 0.3) is 5.69 Å². The molecule has 0 saturated carbocycles. The zero-order valence-electron chi connectivity index (χ0n) is 15.7. The van der Waals surface area contributed by atoms with Gasteiger partial charge in [-0.2, -0.15) is 0 Å². The standard InChI is InChI=1S/C22H18N4O2S/c1-16-7-5-9-18(13-16)21-23-24-22(25(21)19-10-3-2-4-11-19)29-15-17-8-6-12-20(14-17)26(27)28/h2-14H,15H2,1H3. The Hall–Kier alpha value is -3.45. The Kier molecular flexibility index (Phi) is 5.39. The van der Waals surface area contributed by atoms with E-state index in [2.05, 4.69) is 16.3 Å². The van der Waals surface area contributed by atoms with Gasteiger partial charge in [0.05, 0.1) is 4.92 Å². The third-order valence-electron chi connectivity index (χ3n) is 4.41. The van der Waals surface area contributed by atoms with Gasteiger partial charge in [-0.25, -0.2) is 0 Å². The van der Waals surface area contributed by atoms with Crippen molar-refractivity contribution in [3.63, 3.8) is 0 Å². The lowest BCUT2D eigenvalue weighted by molar-refractivity contribution is -0.384. The molecule has 7 heteroatoms. The van der Waals surface area contributed by atoms with E-state index in [1.807, 2.05) is 66.1 Å².